The number of methoxy groups -OCH3 is 1. The number of carbonyl (C=O) groups excluding carboxylic acids is 2. The summed E-state index contributed by atoms with van der Waals surface area (Å²) in [6, 6.07) is 20.9. The number of piperidine rings is 1. The van der Waals surface area contributed by atoms with Crippen LogP contribution in [-0.4, -0.2) is 77.0 Å². The molecule has 3 aliphatic heterocycles. The van der Waals surface area contributed by atoms with E-state index in [0.717, 1.165) is 23.2 Å². The Balaban J connectivity index is 1.30. The van der Waals surface area contributed by atoms with Crippen LogP contribution in [0.1, 0.15) is 29.2 Å². The summed E-state index contributed by atoms with van der Waals surface area (Å²) >= 11 is 5.45. The first-order valence-electron chi connectivity index (χ1n) is 14.6. The van der Waals surface area contributed by atoms with E-state index in [4.69, 9.17) is 21.7 Å². The van der Waals surface area contributed by atoms with Gasteiger partial charge in [-0.3, -0.25) is 24.2 Å². The topological polar surface area (TPSA) is 84.3 Å². The van der Waals surface area contributed by atoms with Crippen LogP contribution in [0.2, 0.25) is 0 Å². The minimum atomic E-state index is -1.38. The zero-order chi connectivity index (χ0) is 30.3. The molecule has 43 heavy (non-hydrogen) atoms. The monoisotopic (exact) mass is 600 g/mol. The highest BCUT2D eigenvalue weighted by Crippen LogP contribution is 2.40. The van der Waals surface area contributed by atoms with Gasteiger partial charge in [-0.05, 0) is 60.3 Å². The van der Waals surface area contributed by atoms with Crippen LogP contribution >= 0.6 is 12.2 Å². The van der Waals surface area contributed by atoms with E-state index in [2.05, 4.69) is 4.90 Å². The van der Waals surface area contributed by atoms with Crippen molar-refractivity contribution in [2.45, 2.75) is 31.9 Å². The Kier molecular flexibility index (Phi) is 7.83. The number of ether oxygens (including phenoxy) is 2. The van der Waals surface area contributed by atoms with Crippen LogP contribution in [0.25, 0.3) is 0 Å². The zero-order valence-electron chi connectivity index (χ0n) is 24.7. The largest absolute Gasteiger partial charge is 0.493 e. The number of hydrogen-bond donors (Lipinski definition) is 0. The molecule has 2 atom stereocenters. The second kappa shape index (κ2) is 11.6. The Bertz CT molecular complexity index is 1600. The molecule has 0 N–H and O–H groups in total. The van der Waals surface area contributed by atoms with E-state index >= 15 is 0 Å². The quantitative estimate of drug-likeness (QED) is 0.290. The van der Waals surface area contributed by atoms with Crippen molar-refractivity contribution in [3.05, 3.63) is 93.9 Å². The molecule has 3 aromatic rings. The van der Waals surface area contributed by atoms with Crippen molar-refractivity contribution >= 4 is 29.1 Å². The number of benzene rings is 2. The molecule has 0 spiro atoms. The van der Waals surface area contributed by atoms with Gasteiger partial charge in [0.15, 0.2) is 16.6 Å². The molecule has 0 unspecified atom stereocenters. The van der Waals surface area contributed by atoms with Crippen molar-refractivity contribution in [1.29, 1.82) is 0 Å². The van der Waals surface area contributed by atoms with Gasteiger partial charge in [-0.2, -0.15) is 0 Å². The fourth-order valence-electron chi connectivity index (χ4n) is 7.01. The lowest BCUT2D eigenvalue weighted by atomic mass is 9.75. The van der Waals surface area contributed by atoms with Gasteiger partial charge in [-0.15, -0.1) is 0 Å². The maximum atomic E-state index is 14.1. The van der Waals surface area contributed by atoms with E-state index in [1.165, 1.54) is 9.80 Å². The van der Waals surface area contributed by atoms with Crippen LogP contribution in [0.15, 0.2) is 71.5 Å². The van der Waals surface area contributed by atoms with E-state index < -0.39 is 5.41 Å². The summed E-state index contributed by atoms with van der Waals surface area (Å²) in [6.07, 6.45) is 1.17. The Hall–Kier alpha value is -4.02. The molecule has 0 aliphatic carbocycles. The maximum absolute atomic E-state index is 14.1. The molecule has 9 nitrogen and oxygen atoms in total. The minimum Gasteiger partial charge on any atom is -0.493 e. The molecule has 2 bridgehead atoms. The van der Waals surface area contributed by atoms with Gasteiger partial charge in [0.1, 0.15) is 12.0 Å². The van der Waals surface area contributed by atoms with Gasteiger partial charge >= 0.3 is 0 Å². The van der Waals surface area contributed by atoms with Gasteiger partial charge in [-0.25, -0.2) is 0 Å². The molecule has 10 heteroatoms. The third-order valence-electron chi connectivity index (χ3n) is 9.02. The van der Waals surface area contributed by atoms with Gasteiger partial charge in [0, 0.05) is 58.0 Å². The first kappa shape index (κ1) is 29.1. The summed E-state index contributed by atoms with van der Waals surface area (Å²) in [6.45, 7) is 2.64. The van der Waals surface area contributed by atoms with Crippen LogP contribution in [0.5, 0.6) is 11.5 Å². The summed E-state index contributed by atoms with van der Waals surface area (Å²) < 4.78 is 13.6. The number of rotatable bonds is 8. The fraction of sp³-hybridized carbons (Fsp3) is 0.394. The molecule has 1 aromatic heterocycles. The minimum absolute atomic E-state index is 0.0247. The molecule has 224 valence electrons. The normalized spacial score (nSPS) is 21.5. The van der Waals surface area contributed by atoms with Crippen molar-refractivity contribution in [1.82, 2.24) is 19.3 Å². The average molecular weight is 601 g/mol. The highest BCUT2D eigenvalue weighted by Gasteiger charge is 2.55. The lowest BCUT2D eigenvalue weighted by Crippen LogP contribution is -2.67. The first-order valence-corrected chi connectivity index (χ1v) is 15.0. The summed E-state index contributed by atoms with van der Waals surface area (Å²) in [5.74, 6) is 0.914. The van der Waals surface area contributed by atoms with Crippen LogP contribution < -0.4 is 15.0 Å². The lowest BCUT2D eigenvalue weighted by molar-refractivity contribution is -0.157. The van der Waals surface area contributed by atoms with Crippen molar-refractivity contribution < 1.29 is 19.1 Å². The third kappa shape index (κ3) is 5.34. The number of carbonyl (C=O) groups is 2. The van der Waals surface area contributed by atoms with Gasteiger partial charge < -0.3 is 18.9 Å². The highest BCUT2D eigenvalue weighted by molar-refractivity contribution is 7.80. The number of amides is 2. The number of likely N-dealkylation sites (tertiary alicyclic amines) is 1. The Morgan fingerprint density at radius 2 is 1.60 bits per heavy atom. The third-order valence-corrected chi connectivity index (χ3v) is 9.57. The van der Waals surface area contributed by atoms with Gasteiger partial charge in [0.25, 0.3) is 5.56 Å². The molecule has 2 aromatic carbocycles. The highest BCUT2D eigenvalue weighted by atomic mass is 32.1. The van der Waals surface area contributed by atoms with Crippen LogP contribution in [0.3, 0.4) is 0 Å². The summed E-state index contributed by atoms with van der Waals surface area (Å²) in [5, 5.41) is 0.191. The Morgan fingerprint density at radius 3 is 2.33 bits per heavy atom. The average Bonchev–Trinajstić information content (AvgIpc) is 3.02. The van der Waals surface area contributed by atoms with Gasteiger partial charge in [0.2, 0.25) is 11.8 Å². The predicted octanol–water partition coefficient (Wildman–Crippen LogP) is 3.30. The van der Waals surface area contributed by atoms with E-state index in [9.17, 15) is 14.4 Å². The maximum Gasteiger partial charge on any atom is 0.250 e. The summed E-state index contributed by atoms with van der Waals surface area (Å²) in [7, 11) is 4.85. The van der Waals surface area contributed by atoms with Crippen LogP contribution in [0, 0.1) is 11.3 Å². The standard InChI is InChI=1S/C33H36N4O5S/c1-34-30(39)33(31(40)35(2)32(34)43,21-36-17-24-14-25(19-36)26-10-7-11-29(38)37(26)18-24)16-23-12-13-27(28(15-23)41-3)42-20-22-8-5-4-6-9-22/h4-13,15,24-25H,14,16-21H2,1-3H3/t24-,25+/m0/s1. The number of pyridine rings is 1. The van der Waals surface area contributed by atoms with E-state index in [1.54, 1.807) is 27.3 Å². The lowest BCUT2D eigenvalue weighted by Gasteiger charge is -2.48. The molecule has 0 radical (unpaired) electrons. The number of aromatic nitrogens is 1. The van der Waals surface area contributed by atoms with Crippen molar-refractivity contribution in [3.63, 3.8) is 0 Å². The fourth-order valence-corrected chi connectivity index (χ4v) is 7.17. The zero-order valence-corrected chi connectivity index (χ0v) is 25.5. The van der Waals surface area contributed by atoms with E-state index in [-0.39, 0.29) is 47.3 Å². The van der Waals surface area contributed by atoms with Crippen molar-refractivity contribution in [2.24, 2.45) is 11.3 Å². The van der Waals surface area contributed by atoms with Gasteiger partial charge in [-0.1, -0.05) is 42.5 Å². The molecule has 2 saturated heterocycles. The predicted molar refractivity (Wildman–Crippen MR) is 166 cm³/mol. The molecule has 6 rings (SSSR count). The summed E-state index contributed by atoms with van der Waals surface area (Å²) in [4.78, 5) is 45.9. The molecule has 3 aliphatic rings. The molecular formula is C33H36N4O5S. The van der Waals surface area contributed by atoms with Gasteiger partial charge in [0.05, 0.1) is 7.11 Å². The molecule has 2 fully saturated rings. The molecule has 4 heterocycles. The Labute approximate surface area is 256 Å². The van der Waals surface area contributed by atoms with Crippen LogP contribution in [-0.2, 0) is 29.2 Å². The van der Waals surface area contributed by atoms with E-state index in [1.807, 2.05) is 65.2 Å². The number of fused-ring (bicyclic) bond motifs is 4. The molecular weight excluding hydrogens is 564 g/mol. The second-order valence-electron chi connectivity index (χ2n) is 11.9. The van der Waals surface area contributed by atoms with E-state index in [0.29, 0.717) is 37.7 Å². The second-order valence-corrected chi connectivity index (χ2v) is 12.3. The SMILES string of the molecule is COc1cc(CC2(CN3C[C@@H]4C[C@H](C3)c3cccc(=O)n3C4)C(=O)N(C)C(=S)N(C)C2=O)ccc1OCc1ccccc1. The first-order chi connectivity index (χ1) is 20.7. The smallest absolute Gasteiger partial charge is 0.250 e. The number of hydrogen-bond acceptors (Lipinski definition) is 7. The van der Waals surface area contributed by atoms with Crippen LogP contribution in [0.4, 0.5) is 0 Å². The van der Waals surface area contributed by atoms with Crippen molar-refractivity contribution in [3.8, 4) is 11.5 Å². The molecule has 0 saturated carbocycles. The Morgan fingerprint density at radius 1 is 0.860 bits per heavy atom. The molecule has 2 amide bonds. The van der Waals surface area contributed by atoms with Crippen molar-refractivity contribution in [2.75, 3.05) is 40.8 Å². The summed E-state index contributed by atoms with van der Waals surface area (Å²) in [5.41, 5.74) is 1.48. The number of nitrogens with zero attached hydrogens (tertiary/aromatic N) is 4. The number of thiocarbonyl (C=S) groups is 1.